The fourth-order valence-electron chi connectivity index (χ4n) is 1.32. The number of rotatable bonds is 2. The molecule has 0 saturated heterocycles. The van der Waals surface area contributed by atoms with Crippen LogP contribution in [-0.4, -0.2) is 9.55 Å². The average Bonchev–Trinajstić information content (AvgIpc) is 2.27. The van der Waals surface area contributed by atoms with Crippen molar-refractivity contribution in [2.75, 3.05) is 0 Å². The van der Waals surface area contributed by atoms with Crippen molar-refractivity contribution in [3.63, 3.8) is 0 Å². The summed E-state index contributed by atoms with van der Waals surface area (Å²) in [6.45, 7) is 0.319. The van der Waals surface area contributed by atoms with Crippen LogP contribution in [-0.2, 0) is 6.54 Å². The first-order chi connectivity index (χ1) is 7.66. The lowest BCUT2D eigenvalue weighted by atomic mass is 10.3. The van der Waals surface area contributed by atoms with Crippen molar-refractivity contribution in [1.82, 2.24) is 9.55 Å². The Morgan fingerprint density at radius 1 is 1.19 bits per heavy atom. The van der Waals surface area contributed by atoms with E-state index in [0.29, 0.717) is 22.4 Å². The summed E-state index contributed by atoms with van der Waals surface area (Å²) in [6.07, 6.45) is 1.68. The summed E-state index contributed by atoms with van der Waals surface area (Å²) in [5.74, 6) is 0. The Morgan fingerprint density at radius 3 is 2.75 bits per heavy atom. The highest BCUT2D eigenvalue weighted by Crippen LogP contribution is 2.17. The Balaban J connectivity index is 2.38. The lowest BCUT2D eigenvalue weighted by Gasteiger charge is -2.06. The molecule has 0 aliphatic rings. The monoisotopic (exact) mass is 254 g/mol. The summed E-state index contributed by atoms with van der Waals surface area (Å²) < 4.78 is 1.52. The summed E-state index contributed by atoms with van der Waals surface area (Å²) in [4.78, 5) is 15.6. The van der Waals surface area contributed by atoms with Crippen molar-refractivity contribution in [2.45, 2.75) is 6.54 Å². The zero-order chi connectivity index (χ0) is 11.5. The van der Waals surface area contributed by atoms with Gasteiger partial charge in [-0.3, -0.25) is 4.79 Å². The van der Waals surface area contributed by atoms with E-state index in [0.717, 1.165) is 0 Å². The quantitative estimate of drug-likeness (QED) is 0.773. The molecule has 0 bridgehead atoms. The molecule has 0 aliphatic carbocycles. The summed E-state index contributed by atoms with van der Waals surface area (Å²) in [5.41, 5.74) is 0.489. The molecule has 0 radical (unpaired) electrons. The number of halogens is 2. The highest BCUT2D eigenvalue weighted by molar-refractivity contribution is 6.32. The molecule has 2 aromatic rings. The van der Waals surface area contributed by atoms with Gasteiger partial charge in [-0.05, 0) is 18.2 Å². The number of aromatic nitrogens is 2. The van der Waals surface area contributed by atoms with Crippen molar-refractivity contribution in [2.24, 2.45) is 0 Å². The average molecular weight is 255 g/mol. The molecule has 0 fully saturated rings. The third-order valence-electron chi connectivity index (χ3n) is 2.10. The molecule has 0 N–H and O–H groups in total. The number of nitrogens with zero attached hydrogens (tertiary/aromatic N) is 2. The second-order valence-electron chi connectivity index (χ2n) is 3.23. The van der Waals surface area contributed by atoms with Gasteiger partial charge in [-0.15, -0.1) is 0 Å². The first kappa shape index (κ1) is 11.2. The van der Waals surface area contributed by atoms with E-state index in [1.807, 2.05) is 0 Å². The number of pyridine rings is 2. The standard InChI is InChI=1S/C11H8Cl2N2O/c12-8-4-5-10(13)14-9(8)7-15-6-2-1-3-11(15)16/h1-6H,7H2. The van der Waals surface area contributed by atoms with E-state index in [1.54, 1.807) is 30.5 Å². The van der Waals surface area contributed by atoms with Gasteiger partial charge in [-0.2, -0.15) is 0 Å². The second kappa shape index (κ2) is 4.68. The molecule has 0 atom stereocenters. The smallest absolute Gasteiger partial charge is 0.250 e. The van der Waals surface area contributed by atoms with Gasteiger partial charge in [-0.25, -0.2) is 4.98 Å². The topological polar surface area (TPSA) is 34.9 Å². The van der Waals surface area contributed by atoms with Crippen LogP contribution in [0.5, 0.6) is 0 Å². The largest absolute Gasteiger partial charge is 0.309 e. The highest BCUT2D eigenvalue weighted by atomic mass is 35.5. The maximum atomic E-state index is 11.5. The summed E-state index contributed by atoms with van der Waals surface area (Å²) in [5, 5.41) is 0.864. The van der Waals surface area contributed by atoms with Crippen LogP contribution in [0.15, 0.2) is 41.3 Å². The Kier molecular flexibility index (Phi) is 3.27. The van der Waals surface area contributed by atoms with Gasteiger partial charge in [0, 0.05) is 12.3 Å². The van der Waals surface area contributed by atoms with E-state index in [-0.39, 0.29) is 5.56 Å². The van der Waals surface area contributed by atoms with Crippen LogP contribution in [0.2, 0.25) is 10.2 Å². The molecule has 2 rings (SSSR count). The van der Waals surface area contributed by atoms with Gasteiger partial charge >= 0.3 is 0 Å². The van der Waals surface area contributed by atoms with Crippen LogP contribution in [0.1, 0.15) is 5.69 Å². The zero-order valence-electron chi connectivity index (χ0n) is 8.23. The van der Waals surface area contributed by atoms with Crippen LogP contribution in [0.25, 0.3) is 0 Å². The van der Waals surface area contributed by atoms with Crippen molar-refractivity contribution in [3.8, 4) is 0 Å². The van der Waals surface area contributed by atoms with Crippen LogP contribution in [0.3, 0.4) is 0 Å². The summed E-state index contributed by atoms with van der Waals surface area (Å²) >= 11 is 11.7. The number of hydrogen-bond acceptors (Lipinski definition) is 2. The fourth-order valence-corrected chi connectivity index (χ4v) is 1.65. The van der Waals surface area contributed by atoms with E-state index in [4.69, 9.17) is 23.2 Å². The maximum absolute atomic E-state index is 11.5. The third-order valence-corrected chi connectivity index (χ3v) is 2.66. The van der Waals surface area contributed by atoms with Gasteiger partial charge in [0.2, 0.25) is 0 Å². The van der Waals surface area contributed by atoms with Gasteiger partial charge in [0.25, 0.3) is 5.56 Å². The van der Waals surface area contributed by atoms with Crippen molar-refractivity contribution < 1.29 is 0 Å². The lowest BCUT2D eigenvalue weighted by molar-refractivity contribution is 0.740. The summed E-state index contributed by atoms with van der Waals surface area (Å²) in [7, 11) is 0. The van der Waals surface area contributed by atoms with E-state index in [9.17, 15) is 4.79 Å². The molecule has 2 heterocycles. The molecule has 0 aliphatic heterocycles. The molecular formula is C11H8Cl2N2O. The van der Waals surface area contributed by atoms with Crippen LogP contribution in [0.4, 0.5) is 0 Å². The Morgan fingerprint density at radius 2 is 2.00 bits per heavy atom. The minimum Gasteiger partial charge on any atom is -0.309 e. The molecule has 16 heavy (non-hydrogen) atoms. The van der Waals surface area contributed by atoms with E-state index >= 15 is 0 Å². The molecule has 0 aromatic carbocycles. The Bertz CT molecular complexity index is 566. The first-order valence-electron chi connectivity index (χ1n) is 4.63. The molecule has 82 valence electrons. The molecule has 3 nitrogen and oxygen atoms in total. The van der Waals surface area contributed by atoms with E-state index in [1.165, 1.54) is 10.6 Å². The predicted molar refractivity (Wildman–Crippen MR) is 64.1 cm³/mol. The van der Waals surface area contributed by atoms with Crippen molar-refractivity contribution in [1.29, 1.82) is 0 Å². The molecule has 2 aromatic heterocycles. The van der Waals surface area contributed by atoms with Gasteiger partial charge < -0.3 is 4.57 Å². The molecule has 0 amide bonds. The predicted octanol–water partition coefficient (Wildman–Crippen LogP) is 2.60. The van der Waals surface area contributed by atoms with Gasteiger partial charge in [-0.1, -0.05) is 29.3 Å². The van der Waals surface area contributed by atoms with Crippen LogP contribution >= 0.6 is 23.2 Å². The van der Waals surface area contributed by atoms with Gasteiger partial charge in [0.15, 0.2) is 0 Å². The summed E-state index contributed by atoms with van der Waals surface area (Å²) in [6, 6.07) is 8.23. The van der Waals surface area contributed by atoms with Gasteiger partial charge in [0.1, 0.15) is 5.15 Å². The minimum atomic E-state index is -0.0969. The SMILES string of the molecule is O=c1ccccn1Cc1nc(Cl)ccc1Cl. The van der Waals surface area contributed by atoms with Crippen molar-refractivity contribution >= 4 is 23.2 Å². The van der Waals surface area contributed by atoms with E-state index < -0.39 is 0 Å². The lowest BCUT2D eigenvalue weighted by Crippen LogP contribution is -2.19. The Labute approximate surface area is 102 Å². The zero-order valence-corrected chi connectivity index (χ0v) is 9.74. The van der Waals surface area contributed by atoms with Crippen LogP contribution < -0.4 is 5.56 Å². The van der Waals surface area contributed by atoms with E-state index in [2.05, 4.69) is 4.98 Å². The first-order valence-corrected chi connectivity index (χ1v) is 5.39. The molecule has 0 spiro atoms. The number of hydrogen-bond donors (Lipinski definition) is 0. The Hall–Kier alpha value is -1.32. The van der Waals surface area contributed by atoms with Gasteiger partial charge in [0.05, 0.1) is 17.3 Å². The molecule has 0 unspecified atom stereocenters. The minimum absolute atomic E-state index is 0.0969. The second-order valence-corrected chi connectivity index (χ2v) is 4.02. The maximum Gasteiger partial charge on any atom is 0.250 e. The highest BCUT2D eigenvalue weighted by Gasteiger charge is 2.04. The third kappa shape index (κ3) is 2.43. The van der Waals surface area contributed by atoms with Crippen LogP contribution in [0, 0.1) is 0 Å². The molecule has 5 heteroatoms. The fraction of sp³-hybridized carbons (Fsp3) is 0.0909. The molecule has 0 saturated carbocycles. The van der Waals surface area contributed by atoms with Crippen molar-refractivity contribution in [3.05, 3.63) is 62.8 Å². The molecular weight excluding hydrogens is 247 g/mol. The normalized spacial score (nSPS) is 10.4.